The SMILES string of the molecule is CO[C@@H]1CCN(c2ccc(C(=O)NCc3cccnc3-c3ccsc3)cc2)C1. The summed E-state index contributed by atoms with van der Waals surface area (Å²) in [5, 5.41) is 7.11. The topological polar surface area (TPSA) is 54.5 Å². The first-order valence-electron chi connectivity index (χ1n) is 9.37. The Hall–Kier alpha value is -2.70. The third-order valence-corrected chi connectivity index (χ3v) is 5.78. The fourth-order valence-electron chi connectivity index (χ4n) is 3.50. The van der Waals surface area contributed by atoms with E-state index in [0.29, 0.717) is 18.2 Å². The van der Waals surface area contributed by atoms with Crippen molar-refractivity contribution in [2.24, 2.45) is 0 Å². The molecule has 1 aromatic carbocycles. The highest BCUT2D eigenvalue weighted by atomic mass is 32.1. The molecule has 1 saturated heterocycles. The minimum atomic E-state index is -0.0807. The molecular weight excluding hydrogens is 370 g/mol. The van der Waals surface area contributed by atoms with Gasteiger partial charge in [0.1, 0.15) is 0 Å². The van der Waals surface area contributed by atoms with Crippen molar-refractivity contribution in [2.75, 3.05) is 25.1 Å². The van der Waals surface area contributed by atoms with Crippen LogP contribution in [0.1, 0.15) is 22.3 Å². The number of carbonyl (C=O) groups is 1. The summed E-state index contributed by atoms with van der Waals surface area (Å²) in [5.74, 6) is -0.0807. The molecule has 1 aliphatic heterocycles. The molecule has 2 aromatic heterocycles. The minimum absolute atomic E-state index is 0.0807. The number of hydrogen-bond donors (Lipinski definition) is 1. The zero-order chi connectivity index (χ0) is 19.3. The maximum Gasteiger partial charge on any atom is 0.251 e. The molecule has 0 saturated carbocycles. The van der Waals surface area contributed by atoms with Crippen LogP contribution in [0, 0.1) is 0 Å². The van der Waals surface area contributed by atoms with Crippen LogP contribution in [-0.4, -0.2) is 37.2 Å². The second kappa shape index (κ2) is 8.54. The Labute approximate surface area is 169 Å². The zero-order valence-electron chi connectivity index (χ0n) is 15.8. The highest BCUT2D eigenvalue weighted by molar-refractivity contribution is 7.08. The van der Waals surface area contributed by atoms with Gasteiger partial charge in [0.05, 0.1) is 11.8 Å². The van der Waals surface area contributed by atoms with Gasteiger partial charge in [0.15, 0.2) is 0 Å². The molecule has 1 aliphatic rings. The maximum absolute atomic E-state index is 12.6. The van der Waals surface area contributed by atoms with Crippen molar-refractivity contribution >= 4 is 22.9 Å². The number of aromatic nitrogens is 1. The molecule has 0 bridgehead atoms. The summed E-state index contributed by atoms with van der Waals surface area (Å²) in [4.78, 5) is 19.4. The van der Waals surface area contributed by atoms with Crippen molar-refractivity contribution in [2.45, 2.75) is 19.1 Å². The fourth-order valence-corrected chi connectivity index (χ4v) is 4.14. The summed E-state index contributed by atoms with van der Waals surface area (Å²) in [7, 11) is 1.76. The smallest absolute Gasteiger partial charge is 0.251 e. The fraction of sp³-hybridized carbons (Fsp3) is 0.273. The summed E-state index contributed by atoms with van der Waals surface area (Å²) < 4.78 is 5.42. The lowest BCUT2D eigenvalue weighted by Gasteiger charge is -2.18. The van der Waals surface area contributed by atoms with Crippen LogP contribution in [0.3, 0.4) is 0 Å². The Bertz CT molecular complexity index is 925. The van der Waals surface area contributed by atoms with Crippen LogP contribution in [0.5, 0.6) is 0 Å². The molecule has 0 aliphatic carbocycles. The molecule has 1 amide bonds. The van der Waals surface area contributed by atoms with Crippen LogP contribution in [-0.2, 0) is 11.3 Å². The molecule has 144 valence electrons. The number of carbonyl (C=O) groups excluding carboxylic acids is 1. The van der Waals surface area contributed by atoms with Gasteiger partial charge < -0.3 is 15.0 Å². The van der Waals surface area contributed by atoms with Gasteiger partial charge in [-0.3, -0.25) is 9.78 Å². The zero-order valence-corrected chi connectivity index (χ0v) is 16.6. The van der Waals surface area contributed by atoms with Gasteiger partial charge in [0.2, 0.25) is 0 Å². The molecule has 1 fully saturated rings. The van der Waals surface area contributed by atoms with E-state index in [-0.39, 0.29) is 5.91 Å². The van der Waals surface area contributed by atoms with E-state index in [0.717, 1.165) is 42.0 Å². The average molecular weight is 394 g/mol. The Kier molecular flexibility index (Phi) is 5.69. The van der Waals surface area contributed by atoms with Crippen LogP contribution < -0.4 is 10.2 Å². The number of methoxy groups -OCH3 is 1. The standard InChI is InChI=1S/C22H23N3O2S/c1-27-20-8-11-25(14-20)19-6-4-16(5-7-19)22(26)24-13-17-3-2-10-23-21(17)18-9-12-28-15-18/h2-7,9-10,12,15,20H,8,11,13-14H2,1H3,(H,24,26)/t20-/m1/s1. The number of thiophene rings is 1. The van der Waals surface area contributed by atoms with E-state index < -0.39 is 0 Å². The monoisotopic (exact) mass is 393 g/mol. The van der Waals surface area contributed by atoms with Crippen LogP contribution in [0.25, 0.3) is 11.3 Å². The molecule has 0 spiro atoms. The summed E-state index contributed by atoms with van der Waals surface area (Å²) in [6.45, 7) is 2.33. The number of nitrogens with zero attached hydrogens (tertiary/aromatic N) is 2. The Morgan fingerprint density at radius 2 is 2.14 bits per heavy atom. The number of anilines is 1. The van der Waals surface area contributed by atoms with Crippen molar-refractivity contribution in [1.29, 1.82) is 0 Å². The van der Waals surface area contributed by atoms with E-state index in [1.165, 1.54) is 0 Å². The van der Waals surface area contributed by atoms with E-state index >= 15 is 0 Å². The highest BCUT2D eigenvalue weighted by Gasteiger charge is 2.22. The van der Waals surface area contributed by atoms with Gasteiger partial charge in [-0.25, -0.2) is 0 Å². The lowest BCUT2D eigenvalue weighted by molar-refractivity contribution is 0.0951. The van der Waals surface area contributed by atoms with Gasteiger partial charge in [-0.2, -0.15) is 11.3 Å². The predicted molar refractivity (Wildman–Crippen MR) is 113 cm³/mol. The first-order valence-corrected chi connectivity index (χ1v) is 10.3. The van der Waals surface area contributed by atoms with Crippen LogP contribution >= 0.6 is 11.3 Å². The maximum atomic E-state index is 12.6. The molecule has 5 nitrogen and oxygen atoms in total. The molecular formula is C22H23N3O2S. The number of rotatable bonds is 6. The number of pyridine rings is 1. The minimum Gasteiger partial charge on any atom is -0.380 e. The number of amides is 1. The largest absolute Gasteiger partial charge is 0.380 e. The lowest BCUT2D eigenvalue weighted by atomic mass is 10.1. The van der Waals surface area contributed by atoms with E-state index in [9.17, 15) is 4.79 Å². The van der Waals surface area contributed by atoms with E-state index in [4.69, 9.17) is 4.74 Å². The molecule has 28 heavy (non-hydrogen) atoms. The molecule has 6 heteroatoms. The number of ether oxygens (including phenoxy) is 1. The first-order chi connectivity index (χ1) is 13.7. The Morgan fingerprint density at radius 1 is 1.29 bits per heavy atom. The van der Waals surface area contributed by atoms with Crippen LogP contribution in [0.15, 0.2) is 59.4 Å². The highest BCUT2D eigenvalue weighted by Crippen LogP contribution is 2.24. The third-order valence-electron chi connectivity index (χ3n) is 5.10. The third kappa shape index (κ3) is 4.08. The molecule has 0 unspecified atom stereocenters. The molecule has 3 heterocycles. The number of benzene rings is 1. The normalized spacial score (nSPS) is 16.3. The van der Waals surface area contributed by atoms with Gasteiger partial charge in [0.25, 0.3) is 5.91 Å². The first kappa shape index (κ1) is 18.7. The van der Waals surface area contributed by atoms with Gasteiger partial charge in [-0.15, -0.1) is 0 Å². The van der Waals surface area contributed by atoms with Crippen LogP contribution in [0.2, 0.25) is 0 Å². The predicted octanol–water partition coefficient (Wildman–Crippen LogP) is 3.97. The summed E-state index contributed by atoms with van der Waals surface area (Å²) in [5.41, 5.74) is 4.80. The molecule has 0 radical (unpaired) electrons. The van der Waals surface area contributed by atoms with Gasteiger partial charge in [-0.05, 0) is 53.8 Å². The molecule has 4 rings (SSSR count). The van der Waals surface area contributed by atoms with Gasteiger partial charge in [-0.1, -0.05) is 6.07 Å². The number of nitrogens with one attached hydrogen (secondary N) is 1. The van der Waals surface area contributed by atoms with Crippen LogP contribution in [0.4, 0.5) is 5.69 Å². The molecule has 3 aromatic rings. The Balaban J connectivity index is 1.40. The summed E-state index contributed by atoms with van der Waals surface area (Å²) in [6, 6.07) is 13.7. The van der Waals surface area contributed by atoms with Crippen molar-refractivity contribution in [1.82, 2.24) is 10.3 Å². The van der Waals surface area contributed by atoms with E-state index in [1.807, 2.05) is 47.8 Å². The van der Waals surface area contributed by atoms with Gasteiger partial charge >= 0.3 is 0 Å². The summed E-state index contributed by atoms with van der Waals surface area (Å²) >= 11 is 1.64. The van der Waals surface area contributed by atoms with Crippen molar-refractivity contribution in [3.63, 3.8) is 0 Å². The second-order valence-corrected chi connectivity index (χ2v) is 7.63. The van der Waals surface area contributed by atoms with Crippen molar-refractivity contribution < 1.29 is 9.53 Å². The molecule has 1 atom stereocenters. The quantitative estimate of drug-likeness (QED) is 0.689. The van der Waals surface area contributed by atoms with Gasteiger partial charge in [0, 0.05) is 55.1 Å². The molecule has 1 N–H and O–H groups in total. The van der Waals surface area contributed by atoms with Crippen molar-refractivity contribution in [3.05, 3.63) is 70.5 Å². The Morgan fingerprint density at radius 3 is 2.86 bits per heavy atom. The second-order valence-electron chi connectivity index (χ2n) is 6.85. The van der Waals surface area contributed by atoms with E-state index in [1.54, 1.807) is 24.6 Å². The lowest BCUT2D eigenvalue weighted by Crippen LogP contribution is -2.24. The number of hydrogen-bond acceptors (Lipinski definition) is 5. The summed E-state index contributed by atoms with van der Waals surface area (Å²) in [6.07, 6.45) is 3.11. The van der Waals surface area contributed by atoms with Crippen molar-refractivity contribution in [3.8, 4) is 11.3 Å². The average Bonchev–Trinajstić information content (AvgIpc) is 3.44. The van der Waals surface area contributed by atoms with E-state index in [2.05, 4.69) is 20.6 Å².